The van der Waals surface area contributed by atoms with Gasteiger partial charge >= 0.3 is 0 Å². The molecular formula is C10H15NO. The number of likely N-dealkylation sites (tertiary alicyclic amines) is 1. The molecule has 0 aromatic rings. The van der Waals surface area contributed by atoms with Crippen molar-refractivity contribution in [3.05, 3.63) is 0 Å². The Morgan fingerprint density at radius 2 is 2.42 bits per heavy atom. The summed E-state index contributed by atoms with van der Waals surface area (Å²) in [5.74, 6) is 6.24. The van der Waals surface area contributed by atoms with Crippen LogP contribution in [0.2, 0.25) is 0 Å². The second-order valence-corrected chi connectivity index (χ2v) is 3.10. The van der Waals surface area contributed by atoms with Crippen LogP contribution in [0.5, 0.6) is 0 Å². The van der Waals surface area contributed by atoms with Gasteiger partial charge in [-0.3, -0.25) is 9.69 Å². The number of piperidine rings is 1. The molecule has 1 heterocycles. The molecule has 0 aromatic heterocycles. The van der Waals surface area contributed by atoms with Gasteiger partial charge in [0.25, 0.3) is 0 Å². The second kappa shape index (κ2) is 4.95. The molecule has 0 aliphatic carbocycles. The molecule has 2 nitrogen and oxygen atoms in total. The molecule has 12 heavy (non-hydrogen) atoms. The number of ketones is 1. The summed E-state index contributed by atoms with van der Waals surface area (Å²) < 4.78 is 0. The van der Waals surface area contributed by atoms with Gasteiger partial charge in [-0.1, -0.05) is 0 Å². The van der Waals surface area contributed by atoms with Crippen molar-refractivity contribution in [2.24, 2.45) is 0 Å². The minimum atomic E-state index is 0.380. The van der Waals surface area contributed by atoms with E-state index >= 15 is 0 Å². The van der Waals surface area contributed by atoms with E-state index in [2.05, 4.69) is 16.7 Å². The number of hydrogen-bond acceptors (Lipinski definition) is 2. The first-order chi connectivity index (χ1) is 5.83. The molecule has 1 aliphatic heterocycles. The molecule has 0 radical (unpaired) electrons. The number of carbonyl (C=O) groups excluding carboxylic acids is 1. The summed E-state index contributed by atoms with van der Waals surface area (Å²) in [6.07, 6.45) is 2.69. The van der Waals surface area contributed by atoms with E-state index in [9.17, 15) is 4.79 Å². The summed E-state index contributed by atoms with van der Waals surface area (Å²) in [4.78, 5) is 13.2. The lowest BCUT2D eigenvalue weighted by molar-refractivity contribution is -0.122. The molecule has 1 rings (SSSR count). The zero-order valence-electron chi connectivity index (χ0n) is 7.60. The maximum absolute atomic E-state index is 11.0. The smallest absolute Gasteiger partial charge is 0.146 e. The summed E-state index contributed by atoms with van der Waals surface area (Å²) >= 11 is 0. The topological polar surface area (TPSA) is 20.3 Å². The highest BCUT2D eigenvalue weighted by molar-refractivity contribution is 5.81. The Hall–Kier alpha value is -0.810. The number of carbonyl (C=O) groups is 1. The fourth-order valence-electron chi connectivity index (χ4n) is 1.44. The third-order valence-electron chi connectivity index (χ3n) is 2.06. The lowest BCUT2D eigenvalue weighted by Crippen LogP contribution is -2.36. The molecule has 66 valence electrons. The highest BCUT2D eigenvalue weighted by atomic mass is 16.1. The van der Waals surface area contributed by atoms with Crippen LogP contribution < -0.4 is 0 Å². The van der Waals surface area contributed by atoms with E-state index in [1.165, 1.54) is 0 Å². The number of rotatable bonds is 2. The Labute approximate surface area is 73.9 Å². The van der Waals surface area contributed by atoms with Gasteiger partial charge in [0.05, 0.1) is 6.54 Å². The Bertz CT molecular complexity index is 212. The number of Topliss-reactive ketones (excluding diaryl/α,β-unsaturated/α-hetero) is 1. The third kappa shape index (κ3) is 3.06. The van der Waals surface area contributed by atoms with Crippen LogP contribution in [0.15, 0.2) is 0 Å². The molecule has 0 saturated carbocycles. The van der Waals surface area contributed by atoms with Gasteiger partial charge in [0, 0.05) is 19.4 Å². The standard InChI is InChI=1S/C10H15NO/c1-2-3-4-7-11-8-5-6-10(12)9-11/h4-9H2,1H3. The highest BCUT2D eigenvalue weighted by Crippen LogP contribution is 2.05. The fourth-order valence-corrected chi connectivity index (χ4v) is 1.44. The molecule has 0 unspecified atom stereocenters. The van der Waals surface area contributed by atoms with Crippen molar-refractivity contribution < 1.29 is 4.79 Å². The fraction of sp³-hybridized carbons (Fsp3) is 0.700. The van der Waals surface area contributed by atoms with Gasteiger partial charge in [-0.2, -0.15) is 0 Å². The summed E-state index contributed by atoms with van der Waals surface area (Å²) in [6, 6.07) is 0. The van der Waals surface area contributed by atoms with Crippen LogP contribution in [0, 0.1) is 11.8 Å². The second-order valence-electron chi connectivity index (χ2n) is 3.10. The van der Waals surface area contributed by atoms with Crippen LogP contribution in [0.1, 0.15) is 26.2 Å². The van der Waals surface area contributed by atoms with E-state index in [4.69, 9.17) is 0 Å². The maximum Gasteiger partial charge on any atom is 0.146 e. The molecule has 1 aliphatic rings. The molecule has 0 N–H and O–H groups in total. The van der Waals surface area contributed by atoms with Gasteiger partial charge in [0.15, 0.2) is 0 Å². The van der Waals surface area contributed by atoms with Crippen LogP contribution in [0.25, 0.3) is 0 Å². The Morgan fingerprint density at radius 3 is 3.08 bits per heavy atom. The minimum Gasteiger partial charge on any atom is -0.298 e. The zero-order valence-corrected chi connectivity index (χ0v) is 7.60. The van der Waals surface area contributed by atoms with Crippen molar-refractivity contribution in [1.29, 1.82) is 0 Å². The van der Waals surface area contributed by atoms with Crippen molar-refractivity contribution in [3.8, 4) is 11.8 Å². The van der Waals surface area contributed by atoms with E-state index in [1.54, 1.807) is 0 Å². The van der Waals surface area contributed by atoms with Crippen molar-refractivity contribution in [3.63, 3.8) is 0 Å². The van der Waals surface area contributed by atoms with Gasteiger partial charge in [0.2, 0.25) is 0 Å². The van der Waals surface area contributed by atoms with E-state index < -0.39 is 0 Å². The summed E-state index contributed by atoms with van der Waals surface area (Å²) in [7, 11) is 0. The van der Waals surface area contributed by atoms with Gasteiger partial charge in [-0.05, 0) is 19.9 Å². The normalized spacial score (nSPS) is 18.6. The van der Waals surface area contributed by atoms with Crippen LogP contribution in [0.4, 0.5) is 0 Å². The molecule has 0 aromatic carbocycles. The molecule has 0 amide bonds. The number of hydrogen-bond donors (Lipinski definition) is 0. The largest absolute Gasteiger partial charge is 0.298 e. The van der Waals surface area contributed by atoms with Gasteiger partial charge < -0.3 is 0 Å². The lowest BCUT2D eigenvalue weighted by atomic mass is 10.1. The highest BCUT2D eigenvalue weighted by Gasteiger charge is 2.15. The molecule has 0 bridgehead atoms. The first-order valence-corrected chi connectivity index (χ1v) is 4.46. The Kier molecular flexibility index (Phi) is 3.83. The van der Waals surface area contributed by atoms with Crippen LogP contribution >= 0.6 is 0 Å². The molecule has 0 atom stereocenters. The van der Waals surface area contributed by atoms with E-state index in [-0.39, 0.29) is 0 Å². The van der Waals surface area contributed by atoms with Gasteiger partial charge in [-0.25, -0.2) is 0 Å². The SMILES string of the molecule is CC#CCCN1CCCC(=O)C1. The molecule has 1 saturated heterocycles. The van der Waals surface area contributed by atoms with E-state index in [0.717, 1.165) is 32.4 Å². The maximum atomic E-state index is 11.0. The van der Waals surface area contributed by atoms with E-state index in [0.29, 0.717) is 12.3 Å². The Balaban J connectivity index is 2.21. The van der Waals surface area contributed by atoms with Crippen LogP contribution in [-0.4, -0.2) is 30.3 Å². The first-order valence-electron chi connectivity index (χ1n) is 4.46. The van der Waals surface area contributed by atoms with Crippen LogP contribution in [-0.2, 0) is 4.79 Å². The molecule has 1 fully saturated rings. The molecule has 0 spiro atoms. The zero-order chi connectivity index (χ0) is 8.81. The van der Waals surface area contributed by atoms with Crippen LogP contribution in [0.3, 0.4) is 0 Å². The number of nitrogens with zero attached hydrogens (tertiary/aromatic N) is 1. The van der Waals surface area contributed by atoms with Crippen molar-refractivity contribution in [2.45, 2.75) is 26.2 Å². The first kappa shape index (κ1) is 9.28. The molecule has 2 heteroatoms. The lowest BCUT2D eigenvalue weighted by Gasteiger charge is -2.24. The van der Waals surface area contributed by atoms with Crippen molar-refractivity contribution >= 4 is 5.78 Å². The van der Waals surface area contributed by atoms with Crippen molar-refractivity contribution in [1.82, 2.24) is 4.90 Å². The average molecular weight is 165 g/mol. The quantitative estimate of drug-likeness (QED) is 0.570. The third-order valence-corrected chi connectivity index (χ3v) is 2.06. The predicted molar refractivity (Wildman–Crippen MR) is 48.7 cm³/mol. The monoisotopic (exact) mass is 165 g/mol. The summed E-state index contributed by atoms with van der Waals surface area (Å²) in [6.45, 7) is 4.51. The minimum absolute atomic E-state index is 0.380. The average Bonchev–Trinajstić information content (AvgIpc) is 2.05. The van der Waals surface area contributed by atoms with Gasteiger partial charge in [0.1, 0.15) is 5.78 Å². The van der Waals surface area contributed by atoms with Crippen molar-refractivity contribution in [2.75, 3.05) is 19.6 Å². The predicted octanol–water partition coefficient (Wildman–Crippen LogP) is 1.06. The van der Waals surface area contributed by atoms with Gasteiger partial charge in [-0.15, -0.1) is 11.8 Å². The Morgan fingerprint density at radius 1 is 1.58 bits per heavy atom. The summed E-state index contributed by atoms with van der Waals surface area (Å²) in [5, 5.41) is 0. The summed E-state index contributed by atoms with van der Waals surface area (Å²) in [5.41, 5.74) is 0. The van der Waals surface area contributed by atoms with E-state index in [1.807, 2.05) is 6.92 Å². The molecular weight excluding hydrogens is 150 g/mol.